The highest BCUT2D eigenvalue weighted by atomic mass is 35.5. The van der Waals surface area contributed by atoms with E-state index < -0.39 is 0 Å². The Balaban J connectivity index is 2.06. The van der Waals surface area contributed by atoms with E-state index in [1.165, 1.54) is 0 Å². The Kier molecular flexibility index (Phi) is 4.98. The zero-order valence-corrected chi connectivity index (χ0v) is 13.4. The van der Waals surface area contributed by atoms with Gasteiger partial charge >= 0.3 is 0 Å². The van der Waals surface area contributed by atoms with Crippen LogP contribution in [0.15, 0.2) is 28.8 Å². The molecule has 2 N–H and O–H groups in total. The van der Waals surface area contributed by atoms with E-state index in [0.717, 1.165) is 12.1 Å². The number of nitrogens with two attached hydrogens (primary N) is 1. The lowest BCUT2D eigenvalue weighted by molar-refractivity contribution is 0.204. The topological polar surface area (TPSA) is 68.2 Å². The average molecular weight is 309 g/mol. The fraction of sp³-hybridized carbons (Fsp3) is 0.467. The highest BCUT2D eigenvalue weighted by Gasteiger charge is 2.20. The smallest absolute Gasteiger partial charge is 0.259 e. The molecule has 0 saturated carbocycles. The number of aromatic nitrogens is 2. The summed E-state index contributed by atoms with van der Waals surface area (Å²) in [6.07, 6.45) is 0. The molecule has 114 valence electrons. The van der Waals surface area contributed by atoms with Crippen molar-refractivity contribution < 1.29 is 4.52 Å². The summed E-state index contributed by atoms with van der Waals surface area (Å²) in [5.74, 6) is 1.09. The maximum Gasteiger partial charge on any atom is 0.259 e. The highest BCUT2D eigenvalue weighted by Crippen LogP contribution is 2.26. The summed E-state index contributed by atoms with van der Waals surface area (Å²) in [4.78, 5) is 6.54. The molecule has 5 nitrogen and oxygen atoms in total. The summed E-state index contributed by atoms with van der Waals surface area (Å²) in [5.41, 5.74) is 6.57. The number of rotatable bonds is 6. The van der Waals surface area contributed by atoms with E-state index in [0.29, 0.717) is 29.8 Å². The Bertz CT molecular complexity index is 597. The Morgan fingerprint density at radius 1 is 1.33 bits per heavy atom. The van der Waals surface area contributed by atoms with E-state index in [1.54, 1.807) is 6.07 Å². The number of hydrogen-bond acceptors (Lipinski definition) is 5. The minimum atomic E-state index is 0.0596. The standard InChI is InChI=1S/C15H21ClN4O/c1-15(2,9-17)10-20(3)8-13-18-14(21-19-13)11-6-4-5-7-12(11)16/h4-7H,8-10,17H2,1-3H3. The number of benzene rings is 1. The molecule has 0 spiro atoms. The van der Waals surface area contributed by atoms with Crippen molar-refractivity contribution in [3.63, 3.8) is 0 Å². The molecule has 0 saturated heterocycles. The monoisotopic (exact) mass is 308 g/mol. The summed E-state index contributed by atoms with van der Waals surface area (Å²) < 4.78 is 5.29. The van der Waals surface area contributed by atoms with Gasteiger partial charge in [-0.3, -0.25) is 4.90 Å². The first kappa shape index (κ1) is 15.9. The fourth-order valence-electron chi connectivity index (χ4n) is 2.15. The van der Waals surface area contributed by atoms with Gasteiger partial charge < -0.3 is 10.3 Å². The predicted octanol–water partition coefficient (Wildman–Crippen LogP) is 2.81. The maximum atomic E-state index is 6.13. The molecular formula is C15H21ClN4O. The van der Waals surface area contributed by atoms with E-state index in [2.05, 4.69) is 28.9 Å². The van der Waals surface area contributed by atoms with Crippen LogP contribution in [-0.4, -0.2) is 35.2 Å². The SMILES string of the molecule is CN(Cc1noc(-c2ccccc2Cl)n1)CC(C)(C)CN. The van der Waals surface area contributed by atoms with E-state index in [4.69, 9.17) is 21.9 Å². The lowest BCUT2D eigenvalue weighted by Crippen LogP contribution is -2.36. The van der Waals surface area contributed by atoms with Gasteiger partial charge in [-0.1, -0.05) is 42.7 Å². The van der Waals surface area contributed by atoms with Crippen molar-refractivity contribution in [3.05, 3.63) is 35.1 Å². The van der Waals surface area contributed by atoms with Crippen LogP contribution in [0.3, 0.4) is 0 Å². The van der Waals surface area contributed by atoms with Crippen molar-refractivity contribution in [1.82, 2.24) is 15.0 Å². The van der Waals surface area contributed by atoms with Gasteiger partial charge in [-0.25, -0.2) is 0 Å². The van der Waals surface area contributed by atoms with E-state index in [-0.39, 0.29) is 5.41 Å². The normalized spacial score (nSPS) is 12.1. The average Bonchev–Trinajstić information content (AvgIpc) is 2.86. The molecular weight excluding hydrogens is 288 g/mol. The molecule has 0 unspecified atom stereocenters. The predicted molar refractivity (Wildman–Crippen MR) is 83.9 cm³/mol. The Labute approximate surface area is 130 Å². The first-order valence-corrected chi connectivity index (χ1v) is 7.25. The molecule has 1 aromatic carbocycles. The maximum absolute atomic E-state index is 6.13. The van der Waals surface area contributed by atoms with Gasteiger partial charge in [0.05, 0.1) is 17.1 Å². The van der Waals surface area contributed by atoms with Crippen LogP contribution in [0.5, 0.6) is 0 Å². The van der Waals surface area contributed by atoms with Gasteiger partial charge in [-0.15, -0.1) is 0 Å². The van der Waals surface area contributed by atoms with Gasteiger partial charge in [-0.05, 0) is 31.1 Å². The third-order valence-corrected chi connectivity index (χ3v) is 3.56. The van der Waals surface area contributed by atoms with Gasteiger partial charge in [0.15, 0.2) is 5.82 Å². The van der Waals surface area contributed by atoms with Gasteiger partial charge in [0.25, 0.3) is 5.89 Å². The molecule has 0 bridgehead atoms. The first-order chi connectivity index (χ1) is 9.91. The Hall–Kier alpha value is -1.43. The molecule has 0 amide bonds. The fourth-order valence-corrected chi connectivity index (χ4v) is 2.37. The zero-order valence-electron chi connectivity index (χ0n) is 12.6. The molecule has 21 heavy (non-hydrogen) atoms. The van der Waals surface area contributed by atoms with Crippen LogP contribution < -0.4 is 5.73 Å². The summed E-state index contributed by atoms with van der Waals surface area (Å²) >= 11 is 6.13. The molecule has 0 aliphatic heterocycles. The van der Waals surface area contributed by atoms with Crippen LogP contribution >= 0.6 is 11.6 Å². The second-order valence-corrected chi connectivity index (χ2v) is 6.44. The van der Waals surface area contributed by atoms with Crippen LogP contribution in [-0.2, 0) is 6.54 Å². The molecule has 6 heteroatoms. The lowest BCUT2D eigenvalue weighted by Gasteiger charge is -2.28. The van der Waals surface area contributed by atoms with Gasteiger partial charge in [0.1, 0.15) is 0 Å². The third kappa shape index (κ3) is 4.27. The van der Waals surface area contributed by atoms with Crippen LogP contribution in [0.2, 0.25) is 5.02 Å². The van der Waals surface area contributed by atoms with E-state index >= 15 is 0 Å². The van der Waals surface area contributed by atoms with Crippen molar-refractivity contribution in [3.8, 4) is 11.5 Å². The highest BCUT2D eigenvalue weighted by molar-refractivity contribution is 6.33. The largest absolute Gasteiger partial charge is 0.334 e. The molecule has 1 aromatic heterocycles. The zero-order chi connectivity index (χ0) is 15.5. The molecule has 0 atom stereocenters. The minimum Gasteiger partial charge on any atom is -0.334 e. The minimum absolute atomic E-state index is 0.0596. The molecule has 1 heterocycles. The Morgan fingerprint density at radius 3 is 2.71 bits per heavy atom. The molecule has 0 aliphatic rings. The van der Waals surface area contributed by atoms with Crippen molar-refractivity contribution in [2.45, 2.75) is 20.4 Å². The lowest BCUT2D eigenvalue weighted by atomic mass is 9.93. The number of halogens is 1. The van der Waals surface area contributed by atoms with Gasteiger partial charge in [0, 0.05) is 6.54 Å². The molecule has 0 fully saturated rings. The second kappa shape index (κ2) is 6.56. The van der Waals surface area contributed by atoms with Crippen molar-refractivity contribution in [2.75, 3.05) is 20.1 Å². The second-order valence-electron chi connectivity index (χ2n) is 6.04. The van der Waals surface area contributed by atoms with Crippen molar-refractivity contribution in [1.29, 1.82) is 0 Å². The van der Waals surface area contributed by atoms with Crippen LogP contribution in [0.25, 0.3) is 11.5 Å². The molecule has 2 rings (SSSR count). The van der Waals surface area contributed by atoms with Crippen LogP contribution in [0, 0.1) is 5.41 Å². The molecule has 0 radical (unpaired) electrons. The van der Waals surface area contributed by atoms with Gasteiger partial charge in [-0.2, -0.15) is 4.98 Å². The molecule has 2 aromatic rings. The Morgan fingerprint density at radius 2 is 2.05 bits per heavy atom. The van der Waals surface area contributed by atoms with Crippen LogP contribution in [0.4, 0.5) is 0 Å². The summed E-state index contributed by atoms with van der Waals surface area (Å²) in [5, 5.41) is 4.61. The quantitative estimate of drug-likeness (QED) is 0.888. The van der Waals surface area contributed by atoms with E-state index in [1.807, 2.05) is 25.2 Å². The van der Waals surface area contributed by atoms with Crippen molar-refractivity contribution in [2.24, 2.45) is 11.1 Å². The number of nitrogens with zero attached hydrogens (tertiary/aromatic N) is 3. The van der Waals surface area contributed by atoms with Crippen LogP contribution in [0.1, 0.15) is 19.7 Å². The summed E-state index contributed by atoms with van der Waals surface area (Å²) in [6.45, 7) is 6.37. The number of hydrogen-bond donors (Lipinski definition) is 1. The third-order valence-electron chi connectivity index (χ3n) is 3.23. The molecule has 0 aliphatic carbocycles. The summed E-state index contributed by atoms with van der Waals surface area (Å²) in [7, 11) is 2.02. The van der Waals surface area contributed by atoms with Gasteiger partial charge in [0.2, 0.25) is 0 Å². The van der Waals surface area contributed by atoms with Crippen molar-refractivity contribution >= 4 is 11.6 Å². The van der Waals surface area contributed by atoms with E-state index in [9.17, 15) is 0 Å². The first-order valence-electron chi connectivity index (χ1n) is 6.87. The summed E-state index contributed by atoms with van der Waals surface area (Å²) in [6, 6.07) is 7.42.